The van der Waals surface area contributed by atoms with Crippen molar-refractivity contribution in [3.63, 3.8) is 0 Å². The maximum atomic E-state index is 5.97. The van der Waals surface area contributed by atoms with Crippen molar-refractivity contribution in [3.8, 4) is 0 Å². The van der Waals surface area contributed by atoms with Gasteiger partial charge in [0.15, 0.2) is 0 Å². The molecule has 1 fully saturated rings. The molecule has 108 valence electrons. The van der Waals surface area contributed by atoms with E-state index >= 15 is 0 Å². The summed E-state index contributed by atoms with van der Waals surface area (Å²) in [5, 5.41) is 0. The van der Waals surface area contributed by atoms with Gasteiger partial charge >= 0.3 is 0 Å². The van der Waals surface area contributed by atoms with Crippen LogP contribution in [0.25, 0.3) is 0 Å². The van der Waals surface area contributed by atoms with Crippen molar-refractivity contribution in [1.82, 2.24) is 9.80 Å². The van der Waals surface area contributed by atoms with Gasteiger partial charge in [-0.3, -0.25) is 4.90 Å². The Morgan fingerprint density at radius 1 is 1.42 bits per heavy atom. The molecule has 1 unspecified atom stereocenters. The Bertz CT molecular complexity index is 385. The van der Waals surface area contributed by atoms with Gasteiger partial charge in [-0.15, -0.1) is 11.3 Å². The smallest absolute Gasteiger partial charge is 0.0843 e. The SMILES string of the molecule is CN(CCN1CCCC1)C(CN)c1cc(Br)c(Br)s1. The molecule has 0 aliphatic carbocycles. The number of halogens is 2. The van der Waals surface area contributed by atoms with Gasteiger partial charge in [-0.2, -0.15) is 0 Å². The van der Waals surface area contributed by atoms with Crippen molar-refractivity contribution in [2.75, 3.05) is 39.8 Å². The molecule has 0 radical (unpaired) electrons. The Hall–Kier alpha value is 0.540. The molecule has 2 heterocycles. The van der Waals surface area contributed by atoms with E-state index in [0.29, 0.717) is 12.6 Å². The molecule has 2 N–H and O–H groups in total. The number of likely N-dealkylation sites (N-methyl/N-ethyl adjacent to an activating group) is 1. The van der Waals surface area contributed by atoms with E-state index in [0.717, 1.165) is 21.3 Å². The fourth-order valence-electron chi connectivity index (χ4n) is 2.50. The number of nitrogens with two attached hydrogens (primary N) is 1. The number of thiophene rings is 1. The minimum atomic E-state index is 0.315. The van der Waals surface area contributed by atoms with Gasteiger partial charge < -0.3 is 10.6 Å². The van der Waals surface area contributed by atoms with Crippen molar-refractivity contribution in [1.29, 1.82) is 0 Å². The summed E-state index contributed by atoms with van der Waals surface area (Å²) in [7, 11) is 2.18. The first-order chi connectivity index (χ1) is 9.11. The molecule has 1 atom stereocenters. The van der Waals surface area contributed by atoms with Gasteiger partial charge in [0, 0.05) is 29.0 Å². The van der Waals surface area contributed by atoms with E-state index in [2.05, 4.69) is 54.8 Å². The van der Waals surface area contributed by atoms with Crippen LogP contribution in [0.15, 0.2) is 14.3 Å². The van der Waals surface area contributed by atoms with Gasteiger partial charge in [0.05, 0.1) is 9.83 Å². The highest BCUT2D eigenvalue weighted by molar-refractivity contribution is 9.13. The Balaban J connectivity index is 1.92. The van der Waals surface area contributed by atoms with Gasteiger partial charge in [0.2, 0.25) is 0 Å². The zero-order valence-corrected chi connectivity index (χ0v) is 15.2. The number of rotatable bonds is 6. The summed E-state index contributed by atoms with van der Waals surface area (Å²) in [4.78, 5) is 6.25. The first kappa shape index (κ1) is 15.9. The third kappa shape index (κ3) is 4.25. The van der Waals surface area contributed by atoms with Crippen LogP contribution in [0.2, 0.25) is 0 Å². The third-order valence-corrected chi connectivity index (χ3v) is 7.07. The zero-order valence-electron chi connectivity index (χ0n) is 11.2. The summed E-state index contributed by atoms with van der Waals surface area (Å²) >= 11 is 8.88. The van der Waals surface area contributed by atoms with Gasteiger partial charge in [0.25, 0.3) is 0 Å². The van der Waals surface area contributed by atoms with E-state index in [9.17, 15) is 0 Å². The van der Waals surface area contributed by atoms with Crippen LogP contribution in [0.1, 0.15) is 23.8 Å². The van der Waals surface area contributed by atoms with Gasteiger partial charge in [-0.1, -0.05) is 0 Å². The standard InChI is InChI=1S/C13H21Br2N3S/c1-17(6-7-18-4-2-3-5-18)11(9-16)12-8-10(14)13(15)19-12/h8,11H,2-7,9,16H2,1H3. The monoisotopic (exact) mass is 409 g/mol. The molecule has 1 aromatic rings. The molecule has 1 aliphatic heterocycles. The fourth-order valence-corrected chi connectivity index (χ4v) is 4.77. The summed E-state index contributed by atoms with van der Waals surface area (Å²) < 4.78 is 2.27. The van der Waals surface area contributed by atoms with Gasteiger partial charge in [-0.25, -0.2) is 0 Å². The number of hydrogen-bond donors (Lipinski definition) is 1. The Morgan fingerprint density at radius 3 is 2.63 bits per heavy atom. The second-order valence-electron chi connectivity index (χ2n) is 5.05. The summed E-state index contributed by atoms with van der Waals surface area (Å²) in [6.07, 6.45) is 2.71. The summed E-state index contributed by atoms with van der Waals surface area (Å²) in [5.74, 6) is 0. The lowest BCUT2D eigenvalue weighted by Gasteiger charge is -2.28. The average Bonchev–Trinajstić information content (AvgIpc) is 2.99. The second kappa shape index (κ2) is 7.52. The normalized spacial score (nSPS) is 18.4. The van der Waals surface area contributed by atoms with Crippen molar-refractivity contribution in [2.45, 2.75) is 18.9 Å². The highest BCUT2D eigenvalue weighted by atomic mass is 79.9. The number of hydrogen-bond acceptors (Lipinski definition) is 4. The van der Waals surface area contributed by atoms with E-state index < -0.39 is 0 Å². The Morgan fingerprint density at radius 2 is 2.11 bits per heavy atom. The molecule has 3 nitrogen and oxygen atoms in total. The van der Waals surface area contributed by atoms with Crippen LogP contribution in [-0.4, -0.2) is 49.6 Å². The van der Waals surface area contributed by atoms with Crippen LogP contribution < -0.4 is 5.73 Å². The molecule has 0 amide bonds. The highest BCUT2D eigenvalue weighted by Crippen LogP contribution is 2.36. The number of nitrogens with zero attached hydrogens (tertiary/aromatic N) is 2. The average molecular weight is 411 g/mol. The van der Waals surface area contributed by atoms with Crippen molar-refractivity contribution >= 4 is 43.2 Å². The summed E-state index contributed by atoms with van der Waals surface area (Å²) in [6.45, 7) is 5.42. The molecule has 0 spiro atoms. The largest absolute Gasteiger partial charge is 0.329 e. The highest BCUT2D eigenvalue weighted by Gasteiger charge is 2.20. The van der Waals surface area contributed by atoms with Gasteiger partial charge in [0.1, 0.15) is 0 Å². The molecule has 19 heavy (non-hydrogen) atoms. The lowest BCUT2D eigenvalue weighted by atomic mass is 10.2. The molecule has 1 aliphatic rings. The van der Waals surface area contributed by atoms with E-state index in [4.69, 9.17) is 5.73 Å². The maximum absolute atomic E-state index is 5.97. The van der Waals surface area contributed by atoms with Gasteiger partial charge in [-0.05, 0) is 70.9 Å². The predicted octanol–water partition coefficient (Wildman–Crippen LogP) is 3.30. The minimum absolute atomic E-state index is 0.315. The van der Waals surface area contributed by atoms with E-state index in [1.807, 2.05) is 0 Å². The van der Waals surface area contributed by atoms with Crippen LogP contribution in [0.3, 0.4) is 0 Å². The fraction of sp³-hybridized carbons (Fsp3) is 0.692. The second-order valence-corrected chi connectivity index (χ2v) is 8.31. The summed E-state index contributed by atoms with van der Waals surface area (Å²) in [5.41, 5.74) is 5.97. The molecule has 2 rings (SSSR count). The molecule has 0 saturated carbocycles. The Kier molecular flexibility index (Phi) is 6.30. The third-order valence-electron chi connectivity index (χ3n) is 3.72. The van der Waals surface area contributed by atoms with E-state index in [-0.39, 0.29) is 0 Å². The Labute approximate surface area is 136 Å². The van der Waals surface area contributed by atoms with Crippen molar-refractivity contribution in [2.24, 2.45) is 5.73 Å². The van der Waals surface area contributed by atoms with Crippen LogP contribution in [0.5, 0.6) is 0 Å². The quantitative estimate of drug-likeness (QED) is 0.780. The maximum Gasteiger partial charge on any atom is 0.0843 e. The first-order valence-electron chi connectivity index (χ1n) is 6.69. The van der Waals surface area contributed by atoms with Crippen molar-refractivity contribution < 1.29 is 0 Å². The van der Waals surface area contributed by atoms with E-state index in [1.54, 1.807) is 11.3 Å². The zero-order chi connectivity index (χ0) is 13.8. The molecule has 1 aromatic heterocycles. The molecule has 1 saturated heterocycles. The molecular weight excluding hydrogens is 390 g/mol. The molecule has 6 heteroatoms. The van der Waals surface area contributed by atoms with E-state index in [1.165, 1.54) is 30.8 Å². The molecule has 0 bridgehead atoms. The summed E-state index contributed by atoms with van der Waals surface area (Å²) in [6, 6.07) is 2.49. The van der Waals surface area contributed by atoms with Crippen LogP contribution in [-0.2, 0) is 0 Å². The van der Waals surface area contributed by atoms with Crippen LogP contribution in [0, 0.1) is 0 Å². The predicted molar refractivity (Wildman–Crippen MR) is 89.8 cm³/mol. The molecular formula is C13H21Br2N3S. The van der Waals surface area contributed by atoms with Crippen LogP contribution >= 0.6 is 43.2 Å². The first-order valence-corrected chi connectivity index (χ1v) is 9.09. The minimum Gasteiger partial charge on any atom is -0.329 e. The lowest BCUT2D eigenvalue weighted by Crippen LogP contribution is -2.36. The topological polar surface area (TPSA) is 32.5 Å². The molecule has 0 aromatic carbocycles. The van der Waals surface area contributed by atoms with Crippen molar-refractivity contribution in [3.05, 3.63) is 19.2 Å². The van der Waals surface area contributed by atoms with Crippen LogP contribution in [0.4, 0.5) is 0 Å². The number of likely N-dealkylation sites (tertiary alicyclic amines) is 1. The lowest BCUT2D eigenvalue weighted by molar-refractivity contribution is 0.211.